The molecule has 0 atom stereocenters. The number of anilines is 1. The van der Waals surface area contributed by atoms with E-state index in [-0.39, 0.29) is 29.2 Å². The van der Waals surface area contributed by atoms with Crippen molar-refractivity contribution in [3.8, 4) is 0 Å². The van der Waals surface area contributed by atoms with Crippen LogP contribution in [-0.4, -0.2) is 31.8 Å². The molecular weight excluding hydrogens is 377 g/mol. The molecule has 27 heavy (non-hydrogen) atoms. The third-order valence-electron chi connectivity index (χ3n) is 3.47. The van der Waals surface area contributed by atoms with E-state index in [9.17, 15) is 18.8 Å². The van der Waals surface area contributed by atoms with Gasteiger partial charge in [0.25, 0.3) is 10.8 Å². The second kappa shape index (κ2) is 7.99. The third-order valence-corrected chi connectivity index (χ3v) is 4.28. The Hall–Kier alpha value is -3.21. The Kier molecular flexibility index (Phi) is 5.50. The molecule has 1 aromatic carbocycles. The van der Waals surface area contributed by atoms with E-state index in [0.29, 0.717) is 16.9 Å². The molecular formula is C16H14FN5O4S. The van der Waals surface area contributed by atoms with Crippen LogP contribution in [0.15, 0.2) is 43.5 Å². The van der Waals surface area contributed by atoms with E-state index in [4.69, 9.17) is 4.42 Å². The van der Waals surface area contributed by atoms with Crippen LogP contribution in [0.5, 0.6) is 0 Å². The Morgan fingerprint density at radius 1 is 1.30 bits per heavy atom. The van der Waals surface area contributed by atoms with Gasteiger partial charge in [-0.05, 0) is 25.1 Å². The summed E-state index contributed by atoms with van der Waals surface area (Å²) in [5.41, 5.74) is -0.0608. The summed E-state index contributed by atoms with van der Waals surface area (Å²) < 4.78 is 18.5. The summed E-state index contributed by atoms with van der Waals surface area (Å²) in [5, 5.41) is 10.3. The zero-order valence-corrected chi connectivity index (χ0v) is 14.9. The van der Waals surface area contributed by atoms with Crippen LogP contribution >= 0.6 is 11.8 Å². The van der Waals surface area contributed by atoms with Gasteiger partial charge in [0, 0.05) is 16.9 Å². The molecule has 1 amide bonds. The molecule has 0 fully saturated rings. The summed E-state index contributed by atoms with van der Waals surface area (Å²) in [7, 11) is 0. The molecule has 0 radical (unpaired) electrons. The predicted molar refractivity (Wildman–Crippen MR) is 95.3 cm³/mol. The maximum atomic E-state index is 13.1. The smallest absolute Gasteiger partial charge is 0.325 e. The van der Waals surface area contributed by atoms with Crippen LogP contribution in [0.25, 0.3) is 0 Å². The molecule has 9 nitrogen and oxygen atoms in total. The van der Waals surface area contributed by atoms with Gasteiger partial charge in [-0.25, -0.2) is 9.18 Å². The van der Waals surface area contributed by atoms with Crippen LogP contribution < -0.4 is 16.6 Å². The molecule has 2 aromatic heterocycles. The highest BCUT2D eigenvalue weighted by Gasteiger charge is 2.14. The molecule has 3 N–H and O–H groups in total. The van der Waals surface area contributed by atoms with Gasteiger partial charge in [-0.15, -0.1) is 10.2 Å². The third kappa shape index (κ3) is 4.91. The van der Waals surface area contributed by atoms with Crippen molar-refractivity contribution in [2.75, 3.05) is 11.1 Å². The van der Waals surface area contributed by atoms with Crippen molar-refractivity contribution in [1.82, 2.24) is 20.2 Å². The zero-order chi connectivity index (χ0) is 19.4. The largest absolute Gasteiger partial charge is 0.416 e. The molecule has 0 saturated heterocycles. The number of rotatable bonds is 6. The van der Waals surface area contributed by atoms with Gasteiger partial charge in [0.15, 0.2) is 0 Å². The lowest BCUT2D eigenvalue weighted by atomic mass is 10.2. The number of nitrogens with zero attached hydrogens (tertiary/aromatic N) is 2. The number of hydrogen-bond acceptors (Lipinski definition) is 7. The maximum Gasteiger partial charge on any atom is 0.325 e. The number of benzene rings is 1. The van der Waals surface area contributed by atoms with Crippen molar-refractivity contribution in [3.63, 3.8) is 0 Å². The van der Waals surface area contributed by atoms with Crippen molar-refractivity contribution in [2.45, 2.75) is 18.6 Å². The summed E-state index contributed by atoms with van der Waals surface area (Å²) in [6, 6.07) is 5.54. The first-order valence-electron chi connectivity index (χ1n) is 7.73. The van der Waals surface area contributed by atoms with E-state index in [1.165, 1.54) is 18.2 Å². The van der Waals surface area contributed by atoms with E-state index in [2.05, 4.69) is 25.5 Å². The SMILES string of the molecule is Cc1[nH]c(=O)[nH]c(=O)c1Cc1nnc(SCC(=O)Nc2cccc(F)c2)o1. The first-order valence-corrected chi connectivity index (χ1v) is 8.72. The Morgan fingerprint density at radius 2 is 2.11 bits per heavy atom. The highest BCUT2D eigenvalue weighted by molar-refractivity contribution is 7.99. The minimum atomic E-state index is -0.590. The van der Waals surface area contributed by atoms with E-state index in [0.717, 1.165) is 11.8 Å². The second-order valence-corrected chi connectivity index (χ2v) is 6.42. The molecule has 0 unspecified atom stereocenters. The average molecular weight is 391 g/mol. The first-order chi connectivity index (χ1) is 12.9. The van der Waals surface area contributed by atoms with Crippen LogP contribution in [0, 0.1) is 12.7 Å². The van der Waals surface area contributed by atoms with Crippen LogP contribution in [-0.2, 0) is 11.2 Å². The van der Waals surface area contributed by atoms with E-state index >= 15 is 0 Å². The number of H-pyrrole nitrogens is 2. The Morgan fingerprint density at radius 3 is 2.85 bits per heavy atom. The highest BCUT2D eigenvalue weighted by atomic mass is 32.2. The van der Waals surface area contributed by atoms with Gasteiger partial charge in [-0.3, -0.25) is 14.6 Å². The lowest BCUT2D eigenvalue weighted by Gasteiger charge is -2.03. The molecule has 140 valence electrons. The van der Waals surface area contributed by atoms with Crippen LogP contribution in [0.4, 0.5) is 10.1 Å². The fourth-order valence-corrected chi connectivity index (χ4v) is 2.83. The van der Waals surface area contributed by atoms with E-state index in [1.54, 1.807) is 13.0 Å². The predicted octanol–water partition coefficient (Wildman–Crippen LogP) is 1.22. The number of thioether (sulfide) groups is 1. The minimum absolute atomic E-state index is 0.0174. The van der Waals surface area contributed by atoms with Crippen LogP contribution in [0.2, 0.25) is 0 Å². The van der Waals surface area contributed by atoms with E-state index < -0.39 is 17.1 Å². The lowest BCUT2D eigenvalue weighted by molar-refractivity contribution is -0.113. The second-order valence-electron chi connectivity index (χ2n) is 5.50. The van der Waals surface area contributed by atoms with Crippen molar-refractivity contribution < 1.29 is 13.6 Å². The Bertz CT molecular complexity index is 1090. The van der Waals surface area contributed by atoms with Gasteiger partial charge < -0.3 is 14.7 Å². The van der Waals surface area contributed by atoms with Crippen molar-refractivity contribution >= 4 is 23.4 Å². The van der Waals surface area contributed by atoms with Crippen molar-refractivity contribution in [2.24, 2.45) is 0 Å². The molecule has 3 aromatic rings. The summed E-state index contributed by atoms with van der Waals surface area (Å²) >= 11 is 1.00. The van der Waals surface area contributed by atoms with Crippen molar-refractivity contribution in [1.29, 1.82) is 0 Å². The normalized spacial score (nSPS) is 10.7. The lowest BCUT2D eigenvalue weighted by Crippen LogP contribution is -2.27. The Labute approximate surface area is 155 Å². The number of amides is 1. The van der Waals surface area contributed by atoms with Gasteiger partial charge in [-0.2, -0.15) is 0 Å². The highest BCUT2D eigenvalue weighted by Crippen LogP contribution is 2.18. The monoisotopic (exact) mass is 391 g/mol. The topological polar surface area (TPSA) is 134 Å². The molecule has 0 aliphatic heterocycles. The number of aryl methyl sites for hydroxylation is 1. The molecule has 0 spiro atoms. The number of aromatic nitrogens is 4. The summed E-state index contributed by atoms with van der Waals surface area (Å²) in [6.07, 6.45) is 0.0427. The van der Waals surface area contributed by atoms with Gasteiger partial charge in [-0.1, -0.05) is 17.8 Å². The number of hydrogen-bond donors (Lipinski definition) is 3. The zero-order valence-electron chi connectivity index (χ0n) is 14.0. The number of halogens is 1. The molecule has 11 heteroatoms. The number of carbonyl (C=O) groups excluding carboxylic acids is 1. The fourth-order valence-electron chi connectivity index (χ4n) is 2.25. The van der Waals surface area contributed by atoms with Crippen molar-refractivity contribution in [3.05, 3.63) is 68.1 Å². The van der Waals surface area contributed by atoms with Crippen LogP contribution in [0.3, 0.4) is 0 Å². The summed E-state index contributed by atoms with van der Waals surface area (Å²) in [6.45, 7) is 1.59. The van der Waals surface area contributed by atoms with Gasteiger partial charge in [0.1, 0.15) is 5.82 Å². The fraction of sp³-hybridized carbons (Fsp3) is 0.188. The maximum absolute atomic E-state index is 13.1. The van der Waals surface area contributed by atoms with E-state index in [1.807, 2.05) is 0 Å². The van der Waals surface area contributed by atoms with Gasteiger partial charge in [0.05, 0.1) is 12.2 Å². The molecule has 0 aliphatic carbocycles. The van der Waals surface area contributed by atoms with Gasteiger partial charge >= 0.3 is 5.69 Å². The Balaban J connectivity index is 1.59. The molecule has 0 bridgehead atoms. The number of nitrogens with one attached hydrogen (secondary N) is 3. The quantitative estimate of drug-likeness (QED) is 0.538. The average Bonchev–Trinajstić information content (AvgIpc) is 3.04. The number of carbonyl (C=O) groups is 1. The first kappa shape index (κ1) is 18.6. The summed E-state index contributed by atoms with van der Waals surface area (Å²) in [5.74, 6) is -0.660. The minimum Gasteiger partial charge on any atom is -0.416 e. The molecule has 3 rings (SSSR count). The molecule has 0 aliphatic rings. The van der Waals surface area contributed by atoms with Gasteiger partial charge in [0.2, 0.25) is 11.8 Å². The van der Waals surface area contributed by atoms with Crippen LogP contribution in [0.1, 0.15) is 17.1 Å². The number of aromatic amines is 2. The summed E-state index contributed by atoms with van der Waals surface area (Å²) in [4.78, 5) is 39.5. The molecule has 2 heterocycles. The molecule has 0 saturated carbocycles. The standard InChI is InChI=1S/C16H14FN5O4S/c1-8-11(14(24)20-15(25)18-8)6-13-21-22-16(26-13)27-7-12(23)19-10-4-2-3-9(17)5-10/h2-5H,6-7H2,1H3,(H,19,23)(H2,18,20,24,25).